The molecule has 0 aliphatic heterocycles. The summed E-state index contributed by atoms with van der Waals surface area (Å²) in [6, 6.07) is 2.24. The molecule has 1 aliphatic rings. The molecule has 1 fully saturated rings. The van der Waals surface area contributed by atoms with Gasteiger partial charge in [-0.1, -0.05) is 0 Å². The van der Waals surface area contributed by atoms with E-state index in [2.05, 4.69) is 31.8 Å². The van der Waals surface area contributed by atoms with Crippen LogP contribution in [-0.2, 0) is 6.18 Å². The number of alkyl halides is 3. The molecular formula is C15H16F3N7. The first-order valence-electron chi connectivity index (χ1n) is 7.74. The van der Waals surface area contributed by atoms with Crippen molar-refractivity contribution in [3.8, 4) is 6.07 Å². The summed E-state index contributed by atoms with van der Waals surface area (Å²) in [5.41, 5.74) is 0.448. The average molecular weight is 351 g/mol. The summed E-state index contributed by atoms with van der Waals surface area (Å²) >= 11 is 0. The largest absolute Gasteiger partial charge is 0.421 e. The van der Waals surface area contributed by atoms with Gasteiger partial charge in [-0.15, -0.1) is 0 Å². The zero-order chi connectivity index (χ0) is 18.2. The average Bonchev–Trinajstić information content (AvgIpc) is 3.25. The number of aromatic nitrogens is 4. The molecular weight excluding hydrogens is 335 g/mol. The molecule has 0 saturated heterocycles. The summed E-state index contributed by atoms with van der Waals surface area (Å²) in [7, 11) is 0. The van der Waals surface area contributed by atoms with Crippen LogP contribution in [-0.4, -0.2) is 26.3 Å². The second kappa shape index (κ2) is 6.23. The molecule has 25 heavy (non-hydrogen) atoms. The highest BCUT2D eigenvalue weighted by molar-refractivity contribution is 5.58. The first kappa shape index (κ1) is 17.0. The zero-order valence-corrected chi connectivity index (χ0v) is 13.6. The van der Waals surface area contributed by atoms with E-state index in [-0.39, 0.29) is 23.7 Å². The molecule has 0 amide bonds. The highest BCUT2D eigenvalue weighted by Crippen LogP contribution is 2.43. The van der Waals surface area contributed by atoms with Gasteiger partial charge in [0.05, 0.1) is 35.6 Å². The van der Waals surface area contributed by atoms with Gasteiger partial charge in [-0.2, -0.15) is 28.5 Å². The molecule has 0 radical (unpaired) electrons. The maximum absolute atomic E-state index is 13.0. The molecule has 0 aromatic carbocycles. The molecule has 2 aromatic heterocycles. The van der Waals surface area contributed by atoms with Crippen molar-refractivity contribution in [1.82, 2.24) is 19.7 Å². The summed E-state index contributed by atoms with van der Waals surface area (Å²) in [4.78, 5) is 7.68. The van der Waals surface area contributed by atoms with E-state index in [0.29, 0.717) is 12.2 Å². The van der Waals surface area contributed by atoms with Crippen molar-refractivity contribution in [1.29, 1.82) is 5.26 Å². The number of halogens is 3. The van der Waals surface area contributed by atoms with Crippen LogP contribution >= 0.6 is 0 Å². The Morgan fingerprint density at radius 3 is 2.76 bits per heavy atom. The summed E-state index contributed by atoms with van der Waals surface area (Å²) in [5.74, 6) is -0.280. The number of nitriles is 1. The van der Waals surface area contributed by atoms with Gasteiger partial charge in [-0.3, -0.25) is 4.68 Å². The molecule has 132 valence electrons. The van der Waals surface area contributed by atoms with Crippen molar-refractivity contribution in [2.45, 2.75) is 32.5 Å². The van der Waals surface area contributed by atoms with Gasteiger partial charge < -0.3 is 10.6 Å². The van der Waals surface area contributed by atoms with Crippen molar-refractivity contribution in [2.24, 2.45) is 5.92 Å². The Kier molecular flexibility index (Phi) is 4.24. The summed E-state index contributed by atoms with van der Waals surface area (Å²) in [5, 5.41) is 18.6. The van der Waals surface area contributed by atoms with Crippen LogP contribution in [0.4, 0.5) is 30.6 Å². The number of nitrogens with one attached hydrogen (secondary N) is 2. The fourth-order valence-electron chi connectivity index (χ4n) is 2.54. The summed E-state index contributed by atoms with van der Waals surface area (Å²) < 4.78 is 40.7. The first-order chi connectivity index (χ1) is 11.8. The van der Waals surface area contributed by atoms with Gasteiger partial charge in [0.2, 0.25) is 5.95 Å². The third kappa shape index (κ3) is 3.35. The lowest BCUT2D eigenvalue weighted by molar-refractivity contribution is -0.137. The highest BCUT2D eigenvalue weighted by Gasteiger charge is 2.41. The minimum Gasteiger partial charge on any atom is -0.370 e. The molecule has 2 N–H and O–H groups in total. The van der Waals surface area contributed by atoms with E-state index in [9.17, 15) is 13.2 Å². The van der Waals surface area contributed by atoms with Gasteiger partial charge in [0, 0.05) is 12.7 Å². The summed E-state index contributed by atoms with van der Waals surface area (Å²) in [6.07, 6.45) is -1.48. The van der Waals surface area contributed by atoms with Crippen molar-refractivity contribution >= 4 is 17.5 Å². The normalized spacial score (nSPS) is 19.4. The lowest BCUT2D eigenvalue weighted by Crippen LogP contribution is -2.14. The molecule has 0 unspecified atom stereocenters. The number of anilines is 3. The first-order valence-corrected chi connectivity index (χ1v) is 7.74. The van der Waals surface area contributed by atoms with Gasteiger partial charge in [0.15, 0.2) is 0 Å². The van der Waals surface area contributed by atoms with Gasteiger partial charge >= 0.3 is 6.18 Å². The second-order valence-corrected chi connectivity index (χ2v) is 5.74. The molecule has 0 spiro atoms. The number of hydrogen-bond donors (Lipinski definition) is 2. The molecule has 1 aliphatic carbocycles. The Hall–Kier alpha value is -2.83. The third-order valence-corrected chi connectivity index (χ3v) is 3.97. The van der Waals surface area contributed by atoms with E-state index >= 15 is 0 Å². The predicted octanol–water partition coefficient (Wildman–Crippen LogP) is 3.26. The van der Waals surface area contributed by atoms with Crippen LogP contribution in [0, 0.1) is 24.2 Å². The van der Waals surface area contributed by atoms with Crippen molar-refractivity contribution < 1.29 is 13.2 Å². The Morgan fingerprint density at radius 2 is 2.16 bits per heavy atom. The highest BCUT2D eigenvalue weighted by atomic mass is 19.4. The fourth-order valence-corrected chi connectivity index (χ4v) is 2.54. The van der Waals surface area contributed by atoms with Crippen LogP contribution in [0.3, 0.4) is 0 Å². The van der Waals surface area contributed by atoms with Crippen LogP contribution in [0.25, 0.3) is 0 Å². The smallest absolute Gasteiger partial charge is 0.370 e. The monoisotopic (exact) mass is 351 g/mol. The van der Waals surface area contributed by atoms with Crippen molar-refractivity contribution in [3.63, 3.8) is 0 Å². The maximum atomic E-state index is 13.0. The van der Waals surface area contributed by atoms with E-state index in [1.54, 1.807) is 17.8 Å². The lowest BCUT2D eigenvalue weighted by Gasteiger charge is -2.13. The second-order valence-electron chi connectivity index (χ2n) is 5.74. The SMILES string of the molecule is CCNc1nc(Nc2cnn([C@@H]3C[C@@H]3C#N)c2C)ncc1C(F)(F)F. The van der Waals surface area contributed by atoms with E-state index in [1.807, 2.05) is 6.92 Å². The predicted molar refractivity (Wildman–Crippen MR) is 84.2 cm³/mol. The van der Waals surface area contributed by atoms with Crippen molar-refractivity contribution in [3.05, 3.63) is 23.7 Å². The topological polar surface area (TPSA) is 91.5 Å². The van der Waals surface area contributed by atoms with Crippen LogP contribution in [0.15, 0.2) is 12.4 Å². The third-order valence-electron chi connectivity index (χ3n) is 3.97. The molecule has 2 atom stereocenters. The van der Waals surface area contributed by atoms with Crippen LogP contribution in [0.1, 0.15) is 30.6 Å². The quantitative estimate of drug-likeness (QED) is 0.859. The molecule has 2 heterocycles. The summed E-state index contributed by atoms with van der Waals surface area (Å²) in [6.45, 7) is 3.80. The van der Waals surface area contributed by atoms with E-state index in [0.717, 1.165) is 18.3 Å². The van der Waals surface area contributed by atoms with Crippen molar-refractivity contribution in [2.75, 3.05) is 17.2 Å². The van der Waals surface area contributed by atoms with Crippen LogP contribution in [0.5, 0.6) is 0 Å². The van der Waals surface area contributed by atoms with Gasteiger partial charge in [-0.25, -0.2) is 4.98 Å². The van der Waals surface area contributed by atoms with Gasteiger partial charge in [0.1, 0.15) is 11.4 Å². The zero-order valence-electron chi connectivity index (χ0n) is 13.6. The van der Waals surface area contributed by atoms with E-state index in [4.69, 9.17) is 5.26 Å². The lowest BCUT2D eigenvalue weighted by atomic mass is 10.3. The molecule has 7 nitrogen and oxygen atoms in total. The Bertz CT molecular complexity index is 822. The Morgan fingerprint density at radius 1 is 1.40 bits per heavy atom. The van der Waals surface area contributed by atoms with Gasteiger partial charge in [0.25, 0.3) is 0 Å². The minimum absolute atomic E-state index is 0.0410. The molecule has 3 rings (SSSR count). The molecule has 2 aromatic rings. The number of hydrogen-bond acceptors (Lipinski definition) is 6. The molecule has 10 heteroatoms. The van der Waals surface area contributed by atoms with E-state index in [1.165, 1.54) is 0 Å². The number of nitrogens with zero attached hydrogens (tertiary/aromatic N) is 5. The minimum atomic E-state index is -4.53. The Balaban J connectivity index is 1.84. The number of rotatable bonds is 5. The van der Waals surface area contributed by atoms with E-state index < -0.39 is 11.7 Å². The van der Waals surface area contributed by atoms with Crippen LogP contribution < -0.4 is 10.6 Å². The van der Waals surface area contributed by atoms with Gasteiger partial charge in [-0.05, 0) is 20.3 Å². The fraction of sp³-hybridized carbons (Fsp3) is 0.467. The Labute approximate surface area is 141 Å². The standard InChI is InChI=1S/C15H16F3N7/c1-3-20-13-10(15(16,17)18)6-21-14(24-13)23-11-7-22-25(8(11)2)12-4-9(12)5-19/h6-7,9,12H,3-4H2,1-2H3,(H2,20,21,23,24)/t9-,12-/m1/s1. The maximum Gasteiger partial charge on any atom is 0.421 e. The molecule has 0 bridgehead atoms. The molecule has 1 saturated carbocycles. The van der Waals surface area contributed by atoms with Crippen LogP contribution in [0.2, 0.25) is 0 Å².